The van der Waals surface area contributed by atoms with Crippen molar-refractivity contribution in [2.75, 3.05) is 32.7 Å². The largest absolute Gasteiger partial charge is 0.341 e. The number of nitrogens with one attached hydrogen (secondary N) is 2. The fourth-order valence-electron chi connectivity index (χ4n) is 4.03. The summed E-state index contributed by atoms with van der Waals surface area (Å²) in [5, 5.41) is 5.82. The molecule has 28 heavy (non-hydrogen) atoms. The van der Waals surface area contributed by atoms with Crippen LogP contribution in [0.2, 0.25) is 0 Å². The number of piperidine rings is 1. The molecule has 2 heterocycles. The number of carbonyl (C=O) groups is 3. The van der Waals surface area contributed by atoms with E-state index in [-0.39, 0.29) is 23.8 Å². The Morgan fingerprint density at radius 2 is 1.64 bits per heavy atom. The minimum absolute atomic E-state index is 0.0123. The van der Waals surface area contributed by atoms with E-state index in [1.807, 2.05) is 30.0 Å². The Hall–Kier alpha value is -2.57. The van der Waals surface area contributed by atoms with Crippen LogP contribution in [0.4, 0.5) is 4.79 Å². The molecule has 1 unspecified atom stereocenters. The lowest BCUT2D eigenvalue weighted by Crippen LogP contribution is -2.55. The van der Waals surface area contributed by atoms with Crippen molar-refractivity contribution >= 4 is 17.8 Å². The molecule has 152 valence electrons. The molecule has 7 heteroatoms. The molecule has 2 saturated heterocycles. The van der Waals surface area contributed by atoms with E-state index in [0.717, 1.165) is 25.9 Å². The highest BCUT2D eigenvalue weighted by molar-refractivity contribution is 5.97. The van der Waals surface area contributed by atoms with Gasteiger partial charge in [-0.1, -0.05) is 18.2 Å². The predicted octanol–water partition coefficient (Wildman–Crippen LogP) is 1.85. The molecule has 4 amide bonds. The van der Waals surface area contributed by atoms with Crippen LogP contribution >= 0.6 is 0 Å². The number of nitrogens with zero attached hydrogens (tertiary/aromatic N) is 2. The van der Waals surface area contributed by atoms with Gasteiger partial charge >= 0.3 is 6.03 Å². The number of hydrogen-bond acceptors (Lipinski definition) is 3. The molecule has 2 aliphatic rings. The molecular formula is C21H30N4O3. The first-order valence-electron chi connectivity index (χ1n) is 10.3. The summed E-state index contributed by atoms with van der Waals surface area (Å²) in [5.74, 6) is -0.172. The average Bonchev–Trinajstić information content (AvgIpc) is 3.27. The minimum Gasteiger partial charge on any atom is -0.341 e. The number of urea groups is 1. The number of benzene rings is 1. The molecule has 7 nitrogen and oxygen atoms in total. The van der Waals surface area contributed by atoms with E-state index >= 15 is 0 Å². The lowest BCUT2D eigenvalue weighted by Gasteiger charge is -2.37. The van der Waals surface area contributed by atoms with Crippen LogP contribution in [0.5, 0.6) is 0 Å². The van der Waals surface area contributed by atoms with E-state index in [0.29, 0.717) is 38.0 Å². The van der Waals surface area contributed by atoms with Crippen LogP contribution < -0.4 is 10.6 Å². The zero-order chi connectivity index (χ0) is 19.9. The first-order valence-corrected chi connectivity index (χ1v) is 10.3. The van der Waals surface area contributed by atoms with Crippen LogP contribution in [0.3, 0.4) is 0 Å². The summed E-state index contributed by atoms with van der Waals surface area (Å²) >= 11 is 0. The van der Waals surface area contributed by atoms with Crippen molar-refractivity contribution in [2.45, 2.75) is 38.6 Å². The maximum atomic E-state index is 13.1. The van der Waals surface area contributed by atoms with Gasteiger partial charge in [0.25, 0.3) is 5.91 Å². The van der Waals surface area contributed by atoms with Gasteiger partial charge in [0.2, 0.25) is 5.91 Å². The molecule has 1 aromatic carbocycles. The van der Waals surface area contributed by atoms with E-state index in [1.165, 1.54) is 0 Å². The lowest BCUT2D eigenvalue weighted by molar-refractivity contribution is -0.134. The van der Waals surface area contributed by atoms with Crippen LogP contribution in [0.1, 0.15) is 43.0 Å². The first kappa shape index (κ1) is 20.2. The summed E-state index contributed by atoms with van der Waals surface area (Å²) in [5.41, 5.74) is 0.557. The van der Waals surface area contributed by atoms with Gasteiger partial charge in [-0.25, -0.2) is 4.79 Å². The molecule has 0 aliphatic carbocycles. The van der Waals surface area contributed by atoms with E-state index in [2.05, 4.69) is 10.6 Å². The molecule has 0 spiro atoms. The molecule has 0 radical (unpaired) electrons. The van der Waals surface area contributed by atoms with Crippen LogP contribution in [-0.2, 0) is 4.79 Å². The zero-order valence-electron chi connectivity index (χ0n) is 16.5. The van der Waals surface area contributed by atoms with Gasteiger partial charge in [0.05, 0.1) is 0 Å². The number of amides is 4. The molecule has 0 saturated carbocycles. The first-order chi connectivity index (χ1) is 13.6. The number of likely N-dealkylation sites (tertiary alicyclic amines) is 2. The highest BCUT2D eigenvalue weighted by Gasteiger charge is 2.36. The van der Waals surface area contributed by atoms with E-state index in [1.54, 1.807) is 17.0 Å². The molecule has 0 aromatic heterocycles. The molecule has 2 fully saturated rings. The smallest absolute Gasteiger partial charge is 0.317 e. The Kier molecular flexibility index (Phi) is 6.90. The van der Waals surface area contributed by atoms with Gasteiger partial charge in [-0.05, 0) is 50.7 Å². The van der Waals surface area contributed by atoms with Gasteiger partial charge in [0.1, 0.15) is 6.04 Å². The van der Waals surface area contributed by atoms with Gasteiger partial charge in [0, 0.05) is 38.3 Å². The third kappa shape index (κ3) is 4.82. The van der Waals surface area contributed by atoms with Gasteiger partial charge in [-0.3, -0.25) is 9.59 Å². The number of hydrogen-bond donors (Lipinski definition) is 2. The molecule has 2 aliphatic heterocycles. The average molecular weight is 386 g/mol. The SMILES string of the molecule is CCNC(=O)N1CCC(C(NC(=O)c2ccccc2)C(=O)N2CCCC2)CC1. The second kappa shape index (κ2) is 9.57. The van der Waals surface area contributed by atoms with Crippen LogP contribution in [0.25, 0.3) is 0 Å². The van der Waals surface area contributed by atoms with Gasteiger partial charge in [0.15, 0.2) is 0 Å². The fraction of sp³-hybridized carbons (Fsp3) is 0.571. The summed E-state index contributed by atoms with van der Waals surface area (Å²) in [6.07, 6.45) is 3.44. The highest BCUT2D eigenvalue weighted by Crippen LogP contribution is 2.24. The van der Waals surface area contributed by atoms with Crippen molar-refractivity contribution in [1.29, 1.82) is 0 Å². The third-order valence-electron chi connectivity index (χ3n) is 5.63. The summed E-state index contributed by atoms with van der Waals surface area (Å²) in [4.78, 5) is 41.6. The topological polar surface area (TPSA) is 81.8 Å². The summed E-state index contributed by atoms with van der Waals surface area (Å²) in [7, 11) is 0. The Morgan fingerprint density at radius 3 is 2.25 bits per heavy atom. The maximum absolute atomic E-state index is 13.1. The third-order valence-corrected chi connectivity index (χ3v) is 5.63. The van der Waals surface area contributed by atoms with Crippen molar-refractivity contribution in [3.05, 3.63) is 35.9 Å². The quantitative estimate of drug-likeness (QED) is 0.810. The highest BCUT2D eigenvalue weighted by atomic mass is 16.2. The predicted molar refractivity (Wildman–Crippen MR) is 107 cm³/mol. The van der Waals surface area contributed by atoms with Crippen molar-refractivity contribution < 1.29 is 14.4 Å². The number of rotatable bonds is 5. The number of carbonyl (C=O) groups excluding carboxylic acids is 3. The van der Waals surface area contributed by atoms with Crippen LogP contribution in [0.15, 0.2) is 30.3 Å². The van der Waals surface area contributed by atoms with Crippen molar-refractivity contribution in [3.63, 3.8) is 0 Å². The summed E-state index contributed by atoms with van der Waals surface area (Å²) in [6, 6.07) is 8.41. The van der Waals surface area contributed by atoms with Gasteiger partial charge in [-0.2, -0.15) is 0 Å². The Balaban J connectivity index is 1.69. The molecule has 3 rings (SSSR count). The minimum atomic E-state index is -0.540. The Bertz CT molecular complexity index is 680. The monoisotopic (exact) mass is 386 g/mol. The summed E-state index contributed by atoms with van der Waals surface area (Å²) < 4.78 is 0. The van der Waals surface area contributed by atoms with Crippen molar-refractivity contribution in [2.24, 2.45) is 5.92 Å². The Labute approximate surface area is 166 Å². The van der Waals surface area contributed by atoms with E-state index < -0.39 is 6.04 Å². The Morgan fingerprint density at radius 1 is 1.00 bits per heavy atom. The van der Waals surface area contributed by atoms with Crippen LogP contribution in [-0.4, -0.2) is 66.4 Å². The maximum Gasteiger partial charge on any atom is 0.317 e. The molecule has 0 bridgehead atoms. The molecule has 1 atom stereocenters. The van der Waals surface area contributed by atoms with Crippen molar-refractivity contribution in [1.82, 2.24) is 20.4 Å². The second-order valence-corrected chi connectivity index (χ2v) is 7.51. The van der Waals surface area contributed by atoms with Gasteiger partial charge in [-0.15, -0.1) is 0 Å². The fourth-order valence-corrected chi connectivity index (χ4v) is 4.03. The van der Waals surface area contributed by atoms with Crippen molar-refractivity contribution in [3.8, 4) is 0 Å². The zero-order valence-corrected chi connectivity index (χ0v) is 16.5. The lowest BCUT2D eigenvalue weighted by atomic mass is 9.88. The van der Waals surface area contributed by atoms with Gasteiger partial charge < -0.3 is 20.4 Å². The van der Waals surface area contributed by atoms with E-state index in [9.17, 15) is 14.4 Å². The standard InChI is InChI=1S/C21H30N4O3/c1-2-22-21(28)25-14-10-16(11-15-25)18(20(27)24-12-6-7-13-24)23-19(26)17-8-4-3-5-9-17/h3-5,8-9,16,18H,2,6-7,10-15H2,1H3,(H,22,28)(H,23,26). The van der Waals surface area contributed by atoms with Crippen LogP contribution in [0, 0.1) is 5.92 Å². The second-order valence-electron chi connectivity index (χ2n) is 7.51. The molecule has 1 aromatic rings. The summed E-state index contributed by atoms with van der Waals surface area (Å²) in [6.45, 7) is 5.21. The molecular weight excluding hydrogens is 356 g/mol. The normalized spacial score (nSPS) is 18.6. The van der Waals surface area contributed by atoms with E-state index in [4.69, 9.17) is 0 Å². The molecule has 2 N–H and O–H groups in total.